The third kappa shape index (κ3) is 3.03. The van der Waals surface area contributed by atoms with Crippen LogP contribution in [-0.2, 0) is 12.8 Å². The minimum absolute atomic E-state index is 0.350. The first-order valence-corrected chi connectivity index (χ1v) is 8.13. The number of aliphatic hydroxyl groups excluding tert-OH is 1. The van der Waals surface area contributed by atoms with Crippen LogP contribution in [0.5, 0.6) is 0 Å². The smallest absolute Gasteiger partial charge is 0.0798 e. The second-order valence-electron chi connectivity index (χ2n) is 6.09. The number of rotatable bonds is 4. The van der Waals surface area contributed by atoms with Crippen LogP contribution in [0.2, 0.25) is 0 Å². The van der Waals surface area contributed by atoms with Crippen molar-refractivity contribution >= 4 is 0 Å². The molecule has 3 rings (SSSR count). The van der Waals surface area contributed by atoms with E-state index in [0.29, 0.717) is 5.92 Å². The number of hydrogen-bond donors (Lipinski definition) is 1. The first-order valence-electron chi connectivity index (χ1n) is 8.13. The van der Waals surface area contributed by atoms with Crippen LogP contribution in [0.4, 0.5) is 0 Å². The highest BCUT2D eigenvalue weighted by Crippen LogP contribution is 2.38. The Bertz CT molecular complexity index is 602. The third-order valence-electron chi connectivity index (χ3n) is 4.80. The summed E-state index contributed by atoms with van der Waals surface area (Å²) in [4.78, 5) is 0. The summed E-state index contributed by atoms with van der Waals surface area (Å²) < 4.78 is 0. The van der Waals surface area contributed by atoms with Crippen LogP contribution in [0.25, 0.3) is 0 Å². The quantitative estimate of drug-likeness (QED) is 0.853. The lowest BCUT2D eigenvalue weighted by molar-refractivity contribution is 0.153. The maximum atomic E-state index is 10.7. The van der Waals surface area contributed by atoms with E-state index >= 15 is 0 Å². The lowest BCUT2D eigenvalue weighted by atomic mass is 9.79. The number of fused-ring (bicyclic) bond motifs is 1. The standard InChI is InChI=1S/C20H24O/c1-2-15-8-3-6-13-19(15)20(21)14-17-11-7-10-16-9-4-5-12-18(16)17/h3-6,8-9,12-13,17,20-21H,2,7,10-11,14H2,1H3. The minimum Gasteiger partial charge on any atom is -0.388 e. The van der Waals surface area contributed by atoms with Gasteiger partial charge in [-0.2, -0.15) is 0 Å². The van der Waals surface area contributed by atoms with Gasteiger partial charge in [-0.05, 0) is 60.3 Å². The largest absolute Gasteiger partial charge is 0.388 e. The molecule has 0 fully saturated rings. The Hall–Kier alpha value is -1.60. The lowest BCUT2D eigenvalue weighted by Crippen LogP contribution is -2.13. The van der Waals surface area contributed by atoms with Crippen molar-refractivity contribution in [3.05, 3.63) is 70.8 Å². The molecular weight excluding hydrogens is 256 g/mol. The van der Waals surface area contributed by atoms with Crippen molar-refractivity contribution in [2.75, 3.05) is 0 Å². The molecule has 0 radical (unpaired) electrons. The Balaban J connectivity index is 1.81. The summed E-state index contributed by atoms with van der Waals surface area (Å²) in [6.45, 7) is 2.15. The molecule has 2 atom stereocenters. The van der Waals surface area contributed by atoms with Gasteiger partial charge in [0.1, 0.15) is 0 Å². The van der Waals surface area contributed by atoms with E-state index in [2.05, 4.69) is 49.4 Å². The van der Waals surface area contributed by atoms with Gasteiger partial charge >= 0.3 is 0 Å². The number of aliphatic hydroxyl groups is 1. The van der Waals surface area contributed by atoms with Crippen LogP contribution < -0.4 is 0 Å². The normalized spacial score (nSPS) is 19.0. The second kappa shape index (κ2) is 6.44. The minimum atomic E-state index is -0.350. The van der Waals surface area contributed by atoms with E-state index in [9.17, 15) is 5.11 Å². The molecule has 0 saturated carbocycles. The topological polar surface area (TPSA) is 20.2 Å². The van der Waals surface area contributed by atoms with E-state index in [0.717, 1.165) is 18.4 Å². The van der Waals surface area contributed by atoms with Crippen LogP contribution in [-0.4, -0.2) is 5.11 Å². The molecule has 2 aromatic carbocycles. The maximum absolute atomic E-state index is 10.7. The molecule has 1 aliphatic rings. The molecule has 110 valence electrons. The van der Waals surface area contributed by atoms with Gasteiger partial charge in [-0.25, -0.2) is 0 Å². The van der Waals surface area contributed by atoms with Crippen molar-refractivity contribution in [2.24, 2.45) is 0 Å². The van der Waals surface area contributed by atoms with Crippen LogP contribution in [0.3, 0.4) is 0 Å². The van der Waals surface area contributed by atoms with Crippen molar-refractivity contribution in [3.8, 4) is 0 Å². The second-order valence-corrected chi connectivity index (χ2v) is 6.09. The van der Waals surface area contributed by atoms with Crippen LogP contribution in [0, 0.1) is 0 Å². The molecule has 1 aliphatic carbocycles. The molecule has 0 spiro atoms. The molecule has 1 N–H and O–H groups in total. The summed E-state index contributed by atoms with van der Waals surface area (Å²) in [5, 5.41) is 10.7. The van der Waals surface area contributed by atoms with Gasteiger partial charge in [0, 0.05) is 0 Å². The average molecular weight is 280 g/mol. The molecule has 0 heterocycles. The fourth-order valence-electron chi connectivity index (χ4n) is 3.68. The average Bonchev–Trinajstić information content (AvgIpc) is 2.55. The molecule has 21 heavy (non-hydrogen) atoms. The van der Waals surface area contributed by atoms with Crippen molar-refractivity contribution in [1.29, 1.82) is 0 Å². The zero-order valence-corrected chi connectivity index (χ0v) is 12.8. The number of benzene rings is 2. The van der Waals surface area contributed by atoms with Crippen molar-refractivity contribution in [1.82, 2.24) is 0 Å². The van der Waals surface area contributed by atoms with Gasteiger partial charge in [-0.15, -0.1) is 0 Å². The monoisotopic (exact) mass is 280 g/mol. The highest BCUT2D eigenvalue weighted by Gasteiger charge is 2.23. The fraction of sp³-hybridized carbons (Fsp3) is 0.400. The number of aryl methyl sites for hydroxylation is 2. The molecule has 2 unspecified atom stereocenters. The van der Waals surface area contributed by atoms with E-state index in [4.69, 9.17) is 0 Å². The van der Waals surface area contributed by atoms with Crippen LogP contribution in [0.15, 0.2) is 48.5 Å². The summed E-state index contributed by atoms with van der Waals surface area (Å²) in [6.07, 6.45) is 5.10. The Morgan fingerprint density at radius 2 is 1.86 bits per heavy atom. The van der Waals surface area contributed by atoms with E-state index in [-0.39, 0.29) is 6.10 Å². The third-order valence-corrected chi connectivity index (χ3v) is 4.80. The maximum Gasteiger partial charge on any atom is 0.0798 e. The van der Waals surface area contributed by atoms with Gasteiger partial charge in [0.15, 0.2) is 0 Å². The summed E-state index contributed by atoms with van der Waals surface area (Å²) in [7, 11) is 0. The van der Waals surface area contributed by atoms with E-state index < -0.39 is 0 Å². The summed E-state index contributed by atoms with van der Waals surface area (Å²) in [5.74, 6) is 0.495. The Morgan fingerprint density at radius 3 is 2.71 bits per heavy atom. The van der Waals surface area contributed by atoms with Gasteiger partial charge in [0.2, 0.25) is 0 Å². The van der Waals surface area contributed by atoms with Gasteiger partial charge in [0.25, 0.3) is 0 Å². The van der Waals surface area contributed by atoms with E-state index in [1.165, 1.54) is 36.0 Å². The van der Waals surface area contributed by atoms with Crippen LogP contribution in [0.1, 0.15) is 60.5 Å². The molecule has 1 heteroatoms. The predicted octanol–water partition coefficient (Wildman–Crippen LogP) is 4.79. The molecule has 0 aromatic heterocycles. The molecule has 2 aromatic rings. The highest BCUT2D eigenvalue weighted by molar-refractivity contribution is 5.34. The van der Waals surface area contributed by atoms with Gasteiger partial charge < -0.3 is 5.11 Å². The van der Waals surface area contributed by atoms with Crippen molar-refractivity contribution < 1.29 is 5.11 Å². The van der Waals surface area contributed by atoms with Crippen molar-refractivity contribution in [3.63, 3.8) is 0 Å². The van der Waals surface area contributed by atoms with E-state index in [1.807, 2.05) is 6.07 Å². The predicted molar refractivity (Wildman–Crippen MR) is 87.5 cm³/mol. The SMILES string of the molecule is CCc1ccccc1C(O)CC1CCCc2ccccc21. The lowest BCUT2D eigenvalue weighted by Gasteiger charge is -2.28. The van der Waals surface area contributed by atoms with Gasteiger partial charge in [0.05, 0.1) is 6.10 Å². The Labute approximate surface area is 127 Å². The van der Waals surface area contributed by atoms with Crippen molar-refractivity contribution in [2.45, 2.75) is 51.0 Å². The van der Waals surface area contributed by atoms with Gasteiger partial charge in [-0.1, -0.05) is 55.5 Å². The highest BCUT2D eigenvalue weighted by atomic mass is 16.3. The summed E-state index contributed by atoms with van der Waals surface area (Å²) in [6, 6.07) is 17.1. The zero-order chi connectivity index (χ0) is 14.7. The van der Waals surface area contributed by atoms with Gasteiger partial charge in [-0.3, -0.25) is 0 Å². The van der Waals surface area contributed by atoms with E-state index in [1.54, 1.807) is 0 Å². The fourth-order valence-corrected chi connectivity index (χ4v) is 3.68. The summed E-state index contributed by atoms with van der Waals surface area (Å²) in [5.41, 5.74) is 5.32. The number of hydrogen-bond acceptors (Lipinski definition) is 1. The molecule has 0 bridgehead atoms. The molecule has 0 aliphatic heterocycles. The Morgan fingerprint density at radius 1 is 1.10 bits per heavy atom. The van der Waals surface area contributed by atoms with Crippen LogP contribution >= 0.6 is 0 Å². The first-order chi connectivity index (χ1) is 10.3. The molecule has 0 saturated heterocycles. The summed E-state index contributed by atoms with van der Waals surface area (Å²) >= 11 is 0. The Kier molecular flexibility index (Phi) is 4.40. The molecular formula is C20H24O. The first kappa shape index (κ1) is 14.3. The molecule has 1 nitrogen and oxygen atoms in total. The zero-order valence-electron chi connectivity index (χ0n) is 12.8. The molecule has 0 amide bonds.